The second kappa shape index (κ2) is 10.8. The van der Waals surface area contributed by atoms with E-state index in [1.54, 1.807) is 69.9 Å². The average Bonchev–Trinajstić information content (AvgIpc) is 3.54. The molecular weight excluding hydrogens is 458 g/mol. The van der Waals surface area contributed by atoms with E-state index >= 15 is 0 Å². The zero-order valence-electron chi connectivity index (χ0n) is 18.9. The molecule has 1 amide bonds. The molecule has 9 nitrogen and oxygen atoms in total. The molecule has 2 heterocycles. The lowest BCUT2D eigenvalue weighted by atomic mass is 10.2. The normalized spacial score (nSPS) is 10.7. The van der Waals surface area contributed by atoms with Crippen molar-refractivity contribution in [2.75, 3.05) is 32.4 Å². The number of hydrogen-bond acceptors (Lipinski definition) is 9. The molecule has 34 heavy (non-hydrogen) atoms. The molecule has 0 saturated carbocycles. The zero-order chi connectivity index (χ0) is 23.9. The number of rotatable bonds is 10. The van der Waals surface area contributed by atoms with Gasteiger partial charge in [0.2, 0.25) is 11.7 Å². The summed E-state index contributed by atoms with van der Waals surface area (Å²) >= 11 is 1.44. The number of carbonyl (C=O) groups excluding carboxylic acids is 1. The summed E-state index contributed by atoms with van der Waals surface area (Å²) in [4.78, 5) is 16.6. The highest BCUT2D eigenvalue weighted by molar-refractivity contribution is 7.99. The van der Waals surface area contributed by atoms with Gasteiger partial charge in [0, 0.05) is 17.3 Å². The molecule has 0 saturated heterocycles. The van der Waals surface area contributed by atoms with Crippen LogP contribution in [0.2, 0.25) is 0 Å². The van der Waals surface area contributed by atoms with E-state index in [9.17, 15) is 4.79 Å². The first kappa shape index (κ1) is 23.2. The van der Waals surface area contributed by atoms with Gasteiger partial charge < -0.3 is 28.5 Å². The summed E-state index contributed by atoms with van der Waals surface area (Å²) in [6.07, 6.45) is 0. The van der Waals surface area contributed by atoms with Gasteiger partial charge in [0.25, 0.3) is 5.89 Å². The maximum absolute atomic E-state index is 12.2. The van der Waals surface area contributed by atoms with Gasteiger partial charge in [-0.25, -0.2) is 0 Å². The molecule has 0 aliphatic carbocycles. The van der Waals surface area contributed by atoms with Crippen molar-refractivity contribution in [1.82, 2.24) is 10.1 Å². The van der Waals surface area contributed by atoms with E-state index < -0.39 is 0 Å². The van der Waals surface area contributed by atoms with Crippen LogP contribution in [0.3, 0.4) is 0 Å². The lowest BCUT2D eigenvalue weighted by Gasteiger charge is -2.05. The van der Waals surface area contributed by atoms with Crippen LogP contribution in [-0.4, -0.2) is 43.1 Å². The monoisotopic (exact) mass is 481 g/mol. The van der Waals surface area contributed by atoms with Gasteiger partial charge in [-0.2, -0.15) is 4.98 Å². The van der Waals surface area contributed by atoms with Crippen molar-refractivity contribution in [2.45, 2.75) is 5.75 Å². The minimum atomic E-state index is -0.0998. The van der Waals surface area contributed by atoms with Crippen molar-refractivity contribution in [2.24, 2.45) is 0 Å². The van der Waals surface area contributed by atoms with Gasteiger partial charge in [0.05, 0.1) is 32.8 Å². The molecule has 10 heteroatoms. The van der Waals surface area contributed by atoms with E-state index in [0.29, 0.717) is 45.8 Å². The van der Waals surface area contributed by atoms with Crippen LogP contribution in [0.5, 0.6) is 17.2 Å². The third-order valence-electron chi connectivity index (χ3n) is 4.76. The summed E-state index contributed by atoms with van der Waals surface area (Å²) in [6, 6.07) is 16.1. The summed E-state index contributed by atoms with van der Waals surface area (Å²) in [6.45, 7) is 0. The van der Waals surface area contributed by atoms with Crippen LogP contribution >= 0.6 is 11.8 Å². The quantitative estimate of drug-likeness (QED) is 0.338. The van der Waals surface area contributed by atoms with Crippen LogP contribution in [0.4, 0.5) is 5.69 Å². The Morgan fingerprint density at radius 1 is 0.941 bits per heavy atom. The zero-order valence-corrected chi connectivity index (χ0v) is 19.7. The molecule has 0 aliphatic rings. The highest BCUT2D eigenvalue weighted by Crippen LogP contribution is 2.30. The fourth-order valence-electron chi connectivity index (χ4n) is 3.06. The Bertz CT molecular complexity index is 1230. The standard InChI is InChI=1S/C24H23N3O6S/c1-29-17-6-4-16(5-7-17)25-22(28)14-34-13-18-8-9-21(32-18)24-26-23(27-33-24)15-10-19(30-2)12-20(11-15)31-3/h4-12H,13-14H2,1-3H3,(H,25,28). The summed E-state index contributed by atoms with van der Waals surface area (Å²) in [5, 5.41) is 6.88. The number of methoxy groups -OCH3 is 3. The number of thioether (sulfide) groups is 1. The number of nitrogens with zero attached hydrogens (tertiary/aromatic N) is 2. The molecule has 0 atom stereocenters. The number of aromatic nitrogens is 2. The minimum Gasteiger partial charge on any atom is -0.497 e. The molecular formula is C24H23N3O6S. The third-order valence-corrected chi connectivity index (χ3v) is 5.71. The van der Waals surface area contributed by atoms with Gasteiger partial charge in [-0.15, -0.1) is 11.8 Å². The van der Waals surface area contributed by atoms with Crippen molar-refractivity contribution in [3.8, 4) is 40.3 Å². The van der Waals surface area contributed by atoms with E-state index in [1.165, 1.54) is 11.8 Å². The highest BCUT2D eigenvalue weighted by atomic mass is 32.2. The minimum absolute atomic E-state index is 0.0998. The van der Waals surface area contributed by atoms with Crippen LogP contribution < -0.4 is 19.5 Å². The lowest BCUT2D eigenvalue weighted by Crippen LogP contribution is -2.14. The van der Waals surface area contributed by atoms with E-state index in [2.05, 4.69) is 15.5 Å². The van der Waals surface area contributed by atoms with Crippen molar-refractivity contribution in [3.05, 3.63) is 60.4 Å². The molecule has 0 spiro atoms. The van der Waals surface area contributed by atoms with E-state index in [1.807, 2.05) is 6.07 Å². The van der Waals surface area contributed by atoms with Crippen molar-refractivity contribution in [3.63, 3.8) is 0 Å². The van der Waals surface area contributed by atoms with Gasteiger partial charge in [-0.05, 0) is 48.5 Å². The van der Waals surface area contributed by atoms with Crippen LogP contribution in [-0.2, 0) is 10.5 Å². The van der Waals surface area contributed by atoms with Crippen LogP contribution in [0, 0.1) is 0 Å². The summed E-state index contributed by atoms with van der Waals surface area (Å²) in [5.41, 5.74) is 1.41. The first-order chi connectivity index (χ1) is 16.6. The molecule has 1 N–H and O–H groups in total. The first-order valence-electron chi connectivity index (χ1n) is 10.3. The Balaban J connectivity index is 1.33. The van der Waals surface area contributed by atoms with Gasteiger partial charge in [-0.3, -0.25) is 4.79 Å². The number of amides is 1. The average molecular weight is 482 g/mol. The Labute approximate surface area is 200 Å². The molecule has 0 bridgehead atoms. The number of furan rings is 1. The fourth-order valence-corrected chi connectivity index (χ4v) is 3.78. The Morgan fingerprint density at radius 3 is 2.32 bits per heavy atom. The summed E-state index contributed by atoms with van der Waals surface area (Å²) in [5.74, 6) is 4.46. The summed E-state index contributed by atoms with van der Waals surface area (Å²) < 4.78 is 26.9. The van der Waals surface area contributed by atoms with Gasteiger partial charge >= 0.3 is 0 Å². The van der Waals surface area contributed by atoms with Crippen molar-refractivity contribution < 1.29 is 27.9 Å². The second-order valence-corrected chi connectivity index (χ2v) is 8.05. The topological polar surface area (TPSA) is 109 Å². The molecule has 2 aromatic carbocycles. The number of anilines is 1. The second-order valence-electron chi connectivity index (χ2n) is 7.06. The predicted molar refractivity (Wildman–Crippen MR) is 128 cm³/mol. The van der Waals surface area contributed by atoms with Crippen LogP contribution in [0.15, 0.2) is 63.5 Å². The van der Waals surface area contributed by atoms with Gasteiger partial charge in [0.1, 0.15) is 23.0 Å². The number of hydrogen-bond donors (Lipinski definition) is 1. The molecule has 0 unspecified atom stereocenters. The number of benzene rings is 2. The maximum atomic E-state index is 12.2. The lowest BCUT2D eigenvalue weighted by molar-refractivity contribution is -0.113. The van der Waals surface area contributed by atoms with Gasteiger partial charge in [0.15, 0.2) is 5.76 Å². The van der Waals surface area contributed by atoms with E-state index in [4.69, 9.17) is 23.2 Å². The molecule has 176 valence electrons. The summed E-state index contributed by atoms with van der Waals surface area (Å²) in [7, 11) is 4.75. The molecule has 0 fully saturated rings. The first-order valence-corrected chi connectivity index (χ1v) is 11.4. The highest BCUT2D eigenvalue weighted by Gasteiger charge is 2.16. The number of nitrogens with one attached hydrogen (secondary N) is 1. The maximum Gasteiger partial charge on any atom is 0.293 e. The van der Waals surface area contributed by atoms with Crippen molar-refractivity contribution >= 4 is 23.4 Å². The fraction of sp³-hybridized carbons (Fsp3) is 0.208. The molecule has 0 aliphatic heterocycles. The predicted octanol–water partition coefficient (Wildman–Crippen LogP) is 4.89. The number of carbonyl (C=O) groups is 1. The van der Waals surface area contributed by atoms with Crippen LogP contribution in [0.1, 0.15) is 5.76 Å². The molecule has 0 radical (unpaired) electrons. The molecule has 4 rings (SSSR count). The Kier molecular flexibility index (Phi) is 7.38. The largest absolute Gasteiger partial charge is 0.497 e. The van der Waals surface area contributed by atoms with Crippen LogP contribution in [0.25, 0.3) is 23.0 Å². The SMILES string of the molecule is COc1ccc(NC(=O)CSCc2ccc(-c3nc(-c4cc(OC)cc(OC)c4)no3)o2)cc1. The van der Waals surface area contributed by atoms with Crippen molar-refractivity contribution in [1.29, 1.82) is 0 Å². The smallest absolute Gasteiger partial charge is 0.293 e. The number of ether oxygens (including phenoxy) is 3. The third kappa shape index (κ3) is 5.70. The Morgan fingerprint density at radius 2 is 1.65 bits per heavy atom. The molecule has 2 aromatic heterocycles. The molecule has 4 aromatic rings. The van der Waals surface area contributed by atoms with E-state index in [-0.39, 0.29) is 17.6 Å². The Hall–Kier alpha value is -3.92. The van der Waals surface area contributed by atoms with E-state index in [0.717, 1.165) is 5.75 Å². The van der Waals surface area contributed by atoms with Gasteiger partial charge in [-0.1, -0.05) is 5.16 Å².